The van der Waals surface area contributed by atoms with Gasteiger partial charge >= 0.3 is 0 Å². The van der Waals surface area contributed by atoms with Crippen molar-refractivity contribution in [2.75, 3.05) is 38.9 Å². The number of methoxy groups -OCH3 is 2. The normalized spacial score (nSPS) is 19.2. The zero-order valence-corrected chi connectivity index (χ0v) is 10.5. The van der Waals surface area contributed by atoms with Crippen LogP contribution in [0.15, 0.2) is 18.2 Å². The molecular formula is C13H16N2O3. The lowest BCUT2D eigenvalue weighted by Crippen LogP contribution is -2.44. The lowest BCUT2D eigenvalue weighted by molar-refractivity contribution is 0.107. The average Bonchev–Trinajstić information content (AvgIpc) is 2.46. The Hall–Kier alpha value is -1.93. The second kappa shape index (κ2) is 5.61. The Bertz CT molecular complexity index is 456. The summed E-state index contributed by atoms with van der Waals surface area (Å²) in [4.78, 5) is 2.00. The fraction of sp³-hybridized carbons (Fsp3) is 0.462. The number of anilines is 1. The lowest BCUT2D eigenvalue weighted by atomic mass is 10.2. The van der Waals surface area contributed by atoms with Gasteiger partial charge in [0.2, 0.25) is 0 Å². The summed E-state index contributed by atoms with van der Waals surface area (Å²) >= 11 is 0. The van der Waals surface area contributed by atoms with E-state index in [9.17, 15) is 0 Å². The van der Waals surface area contributed by atoms with Gasteiger partial charge in [0.05, 0.1) is 39.2 Å². The van der Waals surface area contributed by atoms with Crippen molar-refractivity contribution < 1.29 is 14.2 Å². The number of morpholine rings is 1. The van der Waals surface area contributed by atoms with E-state index in [1.807, 2.05) is 23.1 Å². The number of hydrogen-bond acceptors (Lipinski definition) is 5. The minimum absolute atomic E-state index is 0.277. The maximum atomic E-state index is 9.15. The van der Waals surface area contributed by atoms with Gasteiger partial charge in [0.15, 0.2) is 0 Å². The van der Waals surface area contributed by atoms with Crippen molar-refractivity contribution >= 4 is 5.69 Å². The molecule has 0 saturated carbocycles. The van der Waals surface area contributed by atoms with Crippen LogP contribution in [-0.2, 0) is 4.74 Å². The van der Waals surface area contributed by atoms with Gasteiger partial charge in [0.1, 0.15) is 17.5 Å². The van der Waals surface area contributed by atoms with Crippen LogP contribution in [0.5, 0.6) is 11.5 Å². The molecule has 0 radical (unpaired) electrons. The number of nitriles is 1. The Morgan fingerprint density at radius 1 is 1.39 bits per heavy atom. The predicted octanol–water partition coefficient (Wildman–Crippen LogP) is 1.43. The van der Waals surface area contributed by atoms with Crippen molar-refractivity contribution in [3.8, 4) is 17.6 Å². The molecule has 2 rings (SSSR count). The van der Waals surface area contributed by atoms with Crippen molar-refractivity contribution in [1.29, 1.82) is 5.26 Å². The van der Waals surface area contributed by atoms with Gasteiger partial charge in [-0.05, 0) is 12.1 Å². The van der Waals surface area contributed by atoms with E-state index in [1.54, 1.807) is 14.2 Å². The first-order valence-electron chi connectivity index (χ1n) is 5.76. The smallest absolute Gasteiger partial charge is 0.145 e. The highest BCUT2D eigenvalue weighted by Gasteiger charge is 2.25. The molecule has 1 aliphatic heterocycles. The third kappa shape index (κ3) is 2.34. The van der Waals surface area contributed by atoms with E-state index in [2.05, 4.69) is 6.07 Å². The number of nitrogens with zero attached hydrogens (tertiary/aromatic N) is 2. The Balaban J connectivity index is 2.34. The monoisotopic (exact) mass is 248 g/mol. The molecule has 96 valence electrons. The maximum Gasteiger partial charge on any atom is 0.145 e. The Morgan fingerprint density at radius 3 is 2.89 bits per heavy atom. The molecule has 0 spiro atoms. The van der Waals surface area contributed by atoms with Crippen LogP contribution in [0.3, 0.4) is 0 Å². The first-order chi connectivity index (χ1) is 8.80. The summed E-state index contributed by atoms with van der Waals surface area (Å²) < 4.78 is 15.8. The second-order valence-electron chi connectivity index (χ2n) is 3.95. The molecule has 18 heavy (non-hydrogen) atoms. The molecule has 1 aromatic rings. The van der Waals surface area contributed by atoms with Crippen molar-refractivity contribution in [2.24, 2.45) is 0 Å². The van der Waals surface area contributed by atoms with Crippen LogP contribution in [0, 0.1) is 11.3 Å². The lowest BCUT2D eigenvalue weighted by Gasteiger charge is -2.34. The molecule has 0 aromatic heterocycles. The van der Waals surface area contributed by atoms with Crippen molar-refractivity contribution in [1.82, 2.24) is 0 Å². The highest BCUT2D eigenvalue weighted by molar-refractivity contribution is 5.62. The summed E-state index contributed by atoms with van der Waals surface area (Å²) in [5.74, 6) is 1.44. The average molecular weight is 248 g/mol. The minimum atomic E-state index is -0.277. The minimum Gasteiger partial charge on any atom is -0.497 e. The highest BCUT2D eigenvalue weighted by Crippen LogP contribution is 2.33. The van der Waals surface area contributed by atoms with E-state index in [1.165, 1.54) is 0 Å². The number of rotatable bonds is 3. The van der Waals surface area contributed by atoms with E-state index >= 15 is 0 Å². The van der Waals surface area contributed by atoms with Gasteiger partial charge in [-0.25, -0.2) is 0 Å². The number of ether oxygens (including phenoxy) is 3. The predicted molar refractivity (Wildman–Crippen MR) is 67.1 cm³/mol. The van der Waals surface area contributed by atoms with Gasteiger partial charge in [0, 0.05) is 12.6 Å². The summed E-state index contributed by atoms with van der Waals surface area (Å²) in [6.45, 7) is 1.72. The Labute approximate surface area is 106 Å². The molecule has 1 unspecified atom stereocenters. The first-order valence-corrected chi connectivity index (χ1v) is 5.76. The van der Waals surface area contributed by atoms with Crippen LogP contribution in [0.1, 0.15) is 0 Å². The SMILES string of the molecule is COc1ccc(N2CCOCC2C#N)c(OC)c1. The molecule has 1 aliphatic rings. The highest BCUT2D eigenvalue weighted by atomic mass is 16.5. The molecule has 1 heterocycles. The molecule has 0 N–H and O–H groups in total. The molecule has 0 amide bonds. The van der Waals surface area contributed by atoms with E-state index in [-0.39, 0.29) is 6.04 Å². The molecular weight excluding hydrogens is 232 g/mol. The van der Waals surface area contributed by atoms with Crippen LogP contribution < -0.4 is 14.4 Å². The van der Waals surface area contributed by atoms with Crippen LogP contribution in [0.25, 0.3) is 0 Å². The van der Waals surface area contributed by atoms with Crippen molar-refractivity contribution in [2.45, 2.75) is 6.04 Å². The molecule has 0 bridgehead atoms. The van der Waals surface area contributed by atoms with Crippen molar-refractivity contribution in [3.05, 3.63) is 18.2 Å². The third-order valence-corrected chi connectivity index (χ3v) is 2.97. The summed E-state index contributed by atoms with van der Waals surface area (Å²) in [6.07, 6.45) is 0. The Kier molecular flexibility index (Phi) is 3.90. The number of hydrogen-bond donors (Lipinski definition) is 0. The molecule has 1 saturated heterocycles. The zero-order chi connectivity index (χ0) is 13.0. The van der Waals surface area contributed by atoms with Gasteiger partial charge < -0.3 is 19.1 Å². The van der Waals surface area contributed by atoms with Gasteiger partial charge in [-0.1, -0.05) is 0 Å². The van der Waals surface area contributed by atoms with Gasteiger partial charge in [-0.15, -0.1) is 0 Å². The van der Waals surface area contributed by atoms with Gasteiger partial charge in [-0.3, -0.25) is 0 Å². The Morgan fingerprint density at radius 2 is 2.22 bits per heavy atom. The molecule has 5 nitrogen and oxygen atoms in total. The van der Waals surface area contributed by atoms with Crippen LogP contribution >= 0.6 is 0 Å². The fourth-order valence-electron chi connectivity index (χ4n) is 2.02. The first kappa shape index (κ1) is 12.5. The molecule has 5 heteroatoms. The maximum absolute atomic E-state index is 9.15. The second-order valence-corrected chi connectivity index (χ2v) is 3.95. The zero-order valence-electron chi connectivity index (χ0n) is 10.5. The third-order valence-electron chi connectivity index (χ3n) is 2.97. The van der Waals surface area contributed by atoms with E-state index in [0.717, 1.165) is 11.4 Å². The van der Waals surface area contributed by atoms with Crippen LogP contribution in [0.4, 0.5) is 5.69 Å². The molecule has 1 aromatic carbocycles. The van der Waals surface area contributed by atoms with E-state index in [4.69, 9.17) is 19.5 Å². The topological polar surface area (TPSA) is 54.7 Å². The van der Waals surface area contributed by atoms with E-state index in [0.29, 0.717) is 25.5 Å². The quantitative estimate of drug-likeness (QED) is 0.810. The van der Waals surface area contributed by atoms with E-state index < -0.39 is 0 Å². The largest absolute Gasteiger partial charge is 0.497 e. The van der Waals surface area contributed by atoms with Crippen LogP contribution in [0.2, 0.25) is 0 Å². The molecule has 1 atom stereocenters. The molecule has 0 aliphatic carbocycles. The summed E-state index contributed by atoms with van der Waals surface area (Å²) in [5.41, 5.74) is 0.896. The van der Waals surface area contributed by atoms with Gasteiger partial charge in [-0.2, -0.15) is 5.26 Å². The number of benzene rings is 1. The summed E-state index contributed by atoms with van der Waals surface area (Å²) in [5, 5.41) is 9.15. The summed E-state index contributed by atoms with van der Waals surface area (Å²) in [6, 6.07) is 7.56. The van der Waals surface area contributed by atoms with Gasteiger partial charge in [0.25, 0.3) is 0 Å². The standard InChI is InChI=1S/C13H16N2O3/c1-16-11-3-4-12(13(7-11)17-2)15-5-6-18-9-10(15)8-14/h3-4,7,10H,5-6,9H2,1-2H3. The summed E-state index contributed by atoms with van der Waals surface area (Å²) in [7, 11) is 3.22. The fourth-order valence-corrected chi connectivity index (χ4v) is 2.02. The molecule has 1 fully saturated rings. The van der Waals surface area contributed by atoms with Crippen molar-refractivity contribution in [3.63, 3.8) is 0 Å². The van der Waals surface area contributed by atoms with Crippen LogP contribution in [-0.4, -0.2) is 40.0 Å².